The number of halogens is 1. The van der Waals surface area contributed by atoms with E-state index in [1.165, 1.54) is 0 Å². The van der Waals surface area contributed by atoms with Crippen molar-refractivity contribution in [1.82, 2.24) is 0 Å². The molecule has 0 saturated heterocycles. The highest BCUT2D eigenvalue weighted by molar-refractivity contribution is 5.17. The summed E-state index contributed by atoms with van der Waals surface area (Å²) in [6, 6.07) is 10.0. The Morgan fingerprint density at radius 2 is 2.10 bits per heavy atom. The maximum Gasteiger partial charge on any atom is 0.0971 e. The zero-order valence-electron chi connectivity index (χ0n) is 5.60. The molecule has 51 valence electrons. The maximum absolute atomic E-state index is 12.2. The summed E-state index contributed by atoms with van der Waals surface area (Å²) in [5.41, 5.74) is 0.936. The second-order valence-electron chi connectivity index (χ2n) is 2.10. The highest BCUT2D eigenvalue weighted by Crippen LogP contribution is 2.05. The molecular weight excluding hydrogens is 127 g/mol. The average molecular weight is 135 g/mol. The van der Waals surface area contributed by atoms with E-state index in [-0.39, 0.29) is 5.83 Å². The fraction of sp³-hybridized carbons (Fsp3) is 0.111. The molecule has 1 rings (SSSR count). The van der Waals surface area contributed by atoms with Crippen molar-refractivity contribution < 1.29 is 4.39 Å². The summed E-state index contributed by atoms with van der Waals surface area (Å²) >= 11 is 0. The first kappa shape index (κ1) is 7.00. The molecular formula is C9H8F. The lowest BCUT2D eigenvalue weighted by Crippen LogP contribution is -1.81. The first-order valence-corrected chi connectivity index (χ1v) is 3.07. The Labute approximate surface area is 60.0 Å². The van der Waals surface area contributed by atoms with Crippen LogP contribution >= 0.6 is 0 Å². The first-order valence-electron chi connectivity index (χ1n) is 3.07. The summed E-state index contributed by atoms with van der Waals surface area (Å²) < 4.78 is 12.2. The Balaban J connectivity index is 2.67. The third-order valence-electron chi connectivity index (χ3n) is 1.18. The molecule has 1 radical (unpaired) electrons. The van der Waals surface area contributed by atoms with E-state index < -0.39 is 0 Å². The van der Waals surface area contributed by atoms with Gasteiger partial charge in [-0.2, -0.15) is 0 Å². The van der Waals surface area contributed by atoms with Crippen LogP contribution in [0.2, 0.25) is 0 Å². The molecule has 1 heteroatoms. The van der Waals surface area contributed by atoms with Crippen molar-refractivity contribution in [3.05, 3.63) is 48.3 Å². The van der Waals surface area contributed by atoms with Gasteiger partial charge in [0, 0.05) is 6.42 Å². The Morgan fingerprint density at radius 1 is 1.50 bits per heavy atom. The van der Waals surface area contributed by atoms with E-state index in [4.69, 9.17) is 0 Å². The quantitative estimate of drug-likeness (QED) is 0.584. The molecule has 0 aliphatic heterocycles. The van der Waals surface area contributed by atoms with Gasteiger partial charge in [0.25, 0.3) is 0 Å². The van der Waals surface area contributed by atoms with Crippen molar-refractivity contribution in [3.8, 4) is 0 Å². The van der Waals surface area contributed by atoms with Gasteiger partial charge in [0.05, 0.1) is 5.83 Å². The van der Waals surface area contributed by atoms with Gasteiger partial charge in [-0.05, 0) is 11.6 Å². The lowest BCUT2D eigenvalue weighted by atomic mass is 10.1. The molecule has 0 saturated carbocycles. The fourth-order valence-electron chi connectivity index (χ4n) is 0.761. The summed E-state index contributed by atoms with van der Waals surface area (Å²) in [7, 11) is 0. The van der Waals surface area contributed by atoms with Crippen LogP contribution in [-0.4, -0.2) is 0 Å². The van der Waals surface area contributed by atoms with Crippen molar-refractivity contribution in [3.63, 3.8) is 0 Å². The molecule has 0 heterocycles. The van der Waals surface area contributed by atoms with Gasteiger partial charge in [-0.1, -0.05) is 30.8 Å². The molecule has 0 fully saturated rings. The molecule has 0 aromatic heterocycles. The van der Waals surface area contributed by atoms with Gasteiger partial charge >= 0.3 is 0 Å². The summed E-state index contributed by atoms with van der Waals surface area (Å²) in [5.74, 6) is -0.300. The summed E-state index contributed by atoms with van der Waals surface area (Å²) in [5, 5.41) is 0. The van der Waals surface area contributed by atoms with Crippen molar-refractivity contribution >= 4 is 0 Å². The summed E-state index contributed by atoms with van der Waals surface area (Å²) in [6.45, 7) is 3.17. The molecule has 0 bridgehead atoms. The molecule has 0 nitrogen and oxygen atoms in total. The van der Waals surface area contributed by atoms with Crippen LogP contribution in [0.5, 0.6) is 0 Å². The molecule has 0 aliphatic carbocycles. The minimum Gasteiger partial charge on any atom is -0.212 e. The SMILES string of the molecule is C=C(F)Cc1cc[c]cc1. The van der Waals surface area contributed by atoms with E-state index in [9.17, 15) is 4.39 Å². The van der Waals surface area contributed by atoms with Gasteiger partial charge in [0.15, 0.2) is 0 Å². The molecule has 0 atom stereocenters. The van der Waals surface area contributed by atoms with Gasteiger partial charge in [-0.25, -0.2) is 4.39 Å². The Hall–Kier alpha value is -1.11. The van der Waals surface area contributed by atoms with Crippen LogP contribution in [0.1, 0.15) is 5.56 Å². The van der Waals surface area contributed by atoms with Gasteiger partial charge < -0.3 is 0 Å². The monoisotopic (exact) mass is 135 g/mol. The Bertz CT molecular complexity index is 213. The molecule has 0 N–H and O–H groups in total. The van der Waals surface area contributed by atoms with Crippen LogP contribution < -0.4 is 0 Å². The van der Waals surface area contributed by atoms with Crippen LogP contribution in [-0.2, 0) is 6.42 Å². The molecule has 0 spiro atoms. The predicted octanol–water partition coefficient (Wildman–Crippen LogP) is 2.51. The van der Waals surface area contributed by atoms with Crippen molar-refractivity contribution in [1.29, 1.82) is 0 Å². The third kappa shape index (κ3) is 2.02. The van der Waals surface area contributed by atoms with E-state index in [0.717, 1.165) is 5.56 Å². The average Bonchev–Trinajstić information content (AvgIpc) is 1.88. The summed E-state index contributed by atoms with van der Waals surface area (Å²) in [4.78, 5) is 0. The van der Waals surface area contributed by atoms with Crippen molar-refractivity contribution in [2.75, 3.05) is 0 Å². The first-order chi connectivity index (χ1) is 4.79. The number of hydrogen-bond donors (Lipinski definition) is 0. The van der Waals surface area contributed by atoms with Crippen molar-refractivity contribution in [2.24, 2.45) is 0 Å². The zero-order valence-corrected chi connectivity index (χ0v) is 5.60. The smallest absolute Gasteiger partial charge is 0.0971 e. The van der Waals surface area contributed by atoms with Gasteiger partial charge in [0.1, 0.15) is 0 Å². The normalized spacial score (nSPS) is 9.30. The topological polar surface area (TPSA) is 0 Å². The van der Waals surface area contributed by atoms with Crippen LogP contribution in [0.15, 0.2) is 36.7 Å². The van der Waals surface area contributed by atoms with E-state index in [1.54, 1.807) is 12.1 Å². The second kappa shape index (κ2) is 3.16. The molecule has 10 heavy (non-hydrogen) atoms. The van der Waals surface area contributed by atoms with Gasteiger partial charge in [-0.15, -0.1) is 0 Å². The lowest BCUT2D eigenvalue weighted by molar-refractivity contribution is 0.617. The molecule has 1 aromatic carbocycles. The highest BCUT2D eigenvalue weighted by atomic mass is 19.1. The minimum absolute atomic E-state index is 0.300. The minimum atomic E-state index is -0.300. The summed E-state index contributed by atoms with van der Waals surface area (Å²) in [6.07, 6.45) is 0.314. The van der Waals surface area contributed by atoms with E-state index in [1.807, 2.05) is 12.1 Å². The van der Waals surface area contributed by atoms with E-state index in [2.05, 4.69) is 12.6 Å². The maximum atomic E-state index is 12.2. The number of hydrogen-bond acceptors (Lipinski definition) is 0. The second-order valence-corrected chi connectivity index (χ2v) is 2.10. The standard InChI is InChI=1S/C9H8F/c1-8(10)7-9-5-3-2-4-6-9/h3-6H,1,7H2. The van der Waals surface area contributed by atoms with E-state index >= 15 is 0 Å². The number of allylic oxidation sites excluding steroid dienone is 1. The predicted molar refractivity (Wildman–Crippen MR) is 39.2 cm³/mol. The van der Waals surface area contributed by atoms with Crippen molar-refractivity contribution in [2.45, 2.75) is 6.42 Å². The van der Waals surface area contributed by atoms with E-state index in [0.29, 0.717) is 6.42 Å². The zero-order chi connectivity index (χ0) is 7.40. The highest BCUT2D eigenvalue weighted by Gasteiger charge is 1.92. The third-order valence-corrected chi connectivity index (χ3v) is 1.18. The van der Waals surface area contributed by atoms with Crippen LogP contribution in [0.4, 0.5) is 4.39 Å². The number of rotatable bonds is 2. The Morgan fingerprint density at radius 3 is 2.60 bits per heavy atom. The molecule has 0 amide bonds. The van der Waals surface area contributed by atoms with Crippen LogP contribution in [0.25, 0.3) is 0 Å². The number of benzene rings is 1. The van der Waals surface area contributed by atoms with Gasteiger partial charge in [-0.3, -0.25) is 0 Å². The van der Waals surface area contributed by atoms with Gasteiger partial charge in [0.2, 0.25) is 0 Å². The molecule has 0 unspecified atom stereocenters. The largest absolute Gasteiger partial charge is 0.212 e. The lowest BCUT2D eigenvalue weighted by Gasteiger charge is -1.94. The van der Waals surface area contributed by atoms with Crippen LogP contribution in [0, 0.1) is 6.07 Å². The Kier molecular flexibility index (Phi) is 2.21. The molecule has 1 aromatic rings. The molecule has 0 aliphatic rings. The fourth-order valence-corrected chi connectivity index (χ4v) is 0.761. The van der Waals surface area contributed by atoms with Crippen LogP contribution in [0.3, 0.4) is 0 Å².